The molecule has 3 N–H and O–H groups in total. The molecule has 2 aromatic carbocycles. The Morgan fingerprint density at radius 1 is 1.00 bits per heavy atom. The quantitative estimate of drug-likeness (QED) is 0.637. The largest absolute Gasteiger partial charge is 0.382 e. The lowest BCUT2D eigenvalue weighted by Crippen LogP contribution is -1.91. The number of hydrogen-bond acceptors (Lipinski definition) is 2. The maximum atomic E-state index is 13.4. The van der Waals surface area contributed by atoms with Crippen LogP contribution in [0.15, 0.2) is 42.5 Å². The molecule has 21 heavy (non-hydrogen) atoms. The third kappa shape index (κ3) is 2.76. The summed E-state index contributed by atoms with van der Waals surface area (Å²) in [7, 11) is 0. The zero-order valence-corrected chi connectivity index (χ0v) is 12.9. The predicted octanol–water partition coefficient (Wildman–Crippen LogP) is 4.21. The number of nitrogens with two attached hydrogens (primary N) is 1. The molecule has 1 aromatic heterocycles. The Morgan fingerprint density at radius 3 is 2.38 bits per heavy atom. The van der Waals surface area contributed by atoms with Crippen LogP contribution in [-0.2, 0) is 0 Å². The van der Waals surface area contributed by atoms with Crippen LogP contribution in [-0.4, -0.2) is 10.2 Å². The lowest BCUT2D eigenvalue weighted by molar-refractivity contribution is 0.584. The minimum Gasteiger partial charge on any atom is -0.382 e. The van der Waals surface area contributed by atoms with E-state index in [1.807, 2.05) is 24.3 Å². The Labute approximate surface area is 133 Å². The van der Waals surface area contributed by atoms with Gasteiger partial charge < -0.3 is 5.73 Å². The third-order valence-corrected chi connectivity index (χ3v) is 3.73. The van der Waals surface area contributed by atoms with Crippen LogP contribution in [0.5, 0.6) is 0 Å². The minimum absolute atomic E-state index is 0.203. The maximum Gasteiger partial charge on any atom is 0.153 e. The summed E-state index contributed by atoms with van der Waals surface area (Å²) >= 11 is 2.19. The molecule has 6 heteroatoms. The number of nitrogens with one attached hydrogen (secondary N) is 1. The van der Waals surface area contributed by atoms with Crippen LogP contribution in [0, 0.1) is 15.2 Å². The SMILES string of the molecule is Nc1n[nH]c(-c2cccc(I)c2)c1-c1cc(F)cc(F)c1. The van der Waals surface area contributed by atoms with Gasteiger partial charge in [0.2, 0.25) is 0 Å². The van der Waals surface area contributed by atoms with Crippen LogP contribution in [0.3, 0.4) is 0 Å². The Balaban J connectivity index is 2.22. The van der Waals surface area contributed by atoms with E-state index in [1.165, 1.54) is 12.1 Å². The number of H-pyrrole nitrogens is 1. The molecule has 3 aromatic rings. The highest BCUT2D eigenvalue weighted by Gasteiger charge is 2.16. The molecule has 0 aliphatic rings. The fraction of sp³-hybridized carbons (Fsp3) is 0. The first-order valence-electron chi connectivity index (χ1n) is 6.11. The van der Waals surface area contributed by atoms with Crippen molar-refractivity contribution in [3.8, 4) is 22.4 Å². The second-order valence-electron chi connectivity index (χ2n) is 4.53. The third-order valence-electron chi connectivity index (χ3n) is 3.06. The molecule has 0 bridgehead atoms. The van der Waals surface area contributed by atoms with Gasteiger partial charge in [-0.3, -0.25) is 5.10 Å². The van der Waals surface area contributed by atoms with Crippen LogP contribution >= 0.6 is 22.6 Å². The van der Waals surface area contributed by atoms with Crippen molar-refractivity contribution >= 4 is 28.4 Å². The first kappa shape index (κ1) is 14.0. The van der Waals surface area contributed by atoms with Gasteiger partial charge in [-0.15, -0.1) is 0 Å². The van der Waals surface area contributed by atoms with Gasteiger partial charge in [0.1, 0.15) is 11.6 Å². The second kappa shape index (κ2) is 5.44. The fourth-order valence-corrected chi connectivity index (χ4v) is 2.74. The van der Waals surface area contributed by atoms with Crippen LogP contribution < -0.4 is 5.73 Å². The molecule has 0 atom stereocenters. The lowest BCUT2D eigenvalue weighted by Gasteiger charge is -2.06. The first-order valence-corrected chi connectivity index (χ1v) is 7.19. The summed E-state index contributed by atoms with van der Waals surface area (Å²) in [6.07, 6.45) is 0. The molecule has 0 fully saturated rings. The number of hydrogen-bond donors (Lipinski definition) is 2. The predicted molar refractivity (Wildman–Crippen MR) is 86.5 cm³/mol. The Bertz CT molecular complexity index is 794. The number of aromatic nitrogens is 2. The number of nitrogen functional groups attached to an aromatic ring is 1. The highest BCUT2D eigenvalue weighted by atomic mass is 127. The molecular formula is C15H10F2IN3. The molecule has 0 saturated carbocycles. The highest BCUT2D eigenvalue weighted by molar-refractivity contribution is 14.1. The summed E-state index contributed by atoms with van der Waals surface area (Å²) < 4.78 is 27.9. The zero-order chi connectivity index (χ0) is 15.0. The Morgan fingerprint density at radius 2 is 1.71 bits per heavy atom. The van der Waals surface area contributed by atoms with Crippen LogP contribution in [0.1, 0.15) is 0 Å². The van der Waals surface area contributed by atoms with E-state index in [1.54, 1.807) is 0 Å². The molecule has 0 radical (unpaired) electrons. The first-order chi connectivity index (χ1) is 10.0. The number of halogens is 3. The van der Waals surface area contributed by atoms with Crippen molar-refractivity contribution in [3.05, 3.63) is 57.7 Å². The normalized spacial score (nSPS) is 10.8. The summed E-state index contributed by atoms with van der Waals surface area (Å²) in [6.45, 7) is 0. The molecular weight excluding hydrogens is 387 g/mol. The second-order valence-corrected chi connectivity index (χ2v) is 5.77. The van der Waals surface area contributed by atoms with Crippen molar-refractivity contribution in [2.75, 3.05) is 5.73 Å². The summed E-state index contributed by atoms with van der Waals surface area (Å²) in [6, 6.07) is 11.0. The van der Waals surface area contributed by atoms with Crippen molar-refractivity contribution < 1.29 is 8.78 Å². The average Bonchev–Trinajstić information content (AvgIpc) is 2.79. The number of nitrogens with zero attached hydrogens (tertiary/aromatic N) is 1. The van der Waals surface area contributed by atoms with E-state index in [9.17, 15) is 8.78 Å². The maximum absolute atomic E-state index is 13.4. The molecule has 0 unspecified atom stereocenters. The topological polar surface area (TPSA) is 54.7 Å². The van der Waals surface area contributed by atoms with E-state index < -0.39 is 11.6 Å². The van der Waals surface area contributed by atoms with Gasteiger partial charge in [-0.1, -0.05) is 12.1 Å². The lowest BCUT2D eigenvalue weighted by atomic mass is 10.0. The fourth-order valence-electron chi connectivity index (χ4n) is 2.20. The minimum atomic E-state index is -0.654. The summed E-state index contributed by atoms with van der Waals surface area (Å²) in [5, 5.41) is 6.80. The molecule has 3 rings (SSSR count). The van der Waals surface area contributed by atoms with Crippen molar-refractivity contribution in [2.45, 2.75) is 0 Å². The molecule has 0 aliphatic carbocycles. The van der Waals surface area contributed by atoms with Gasteiger partial charge in [0.05, 0.1) is 11.3 Å². The average molecular weight is 397 g/mol. The van der Waals surface area contributed by atoms with Crippen LogP contribution in [0.25, 0.3) is 22.4 Å². The van der Waals surface area contributed by atoms with Crippen molar-refractivity contribution in [3.63, 3.8) is 0 Å². The number of anilines is 1. The summed E-state index contributed by atoms with van der Waals surface area (Å²) in [5.41, 5.74) is 8.20. The van der Waals surface area contributed by atoms with E-state index in [2.05, 4.69) is 32.8 Å². The van der Waals surface area contributed by atoms with E-state index in [0.717, 1.165) is 15.2 Å². The van der Waals surface area contributed by atoms with Crippen molar-refractivity contribution in [1.29, 1.82) is 0 Å². The van der Waals surface area contributed by atoms with Crippen molar-refractivity contribution in [1.82, 2.24) is 10.2 Å². The van der Waals surface area contributed by atoms with E-state index >= 15 is 0 Å². The molecule has 3 nitrogen and oxygen atoms in total. The van der Waals surface area contributed by atoms with Gasteiger partial charge in [0.15, 0.2) is 5.82 Å². The Hall–Kier alpha value is -1.96. The molecule has 106 valence electrons. The Kier molecular flexibility index (Phi) is 3.62. The van der Waals surface area contributed by atoms with Crippen LogP contribution in [0.4, 0.5) is 14.6 Å². The van der Waals surface area contributed by atoms with E-state index in [-0.39, 0.29) is 5.82 Å². The van der Waals surface area contributed by atoms with Gasteiger partial charge in [0.25, 0.3) is 0 Å². The molecule has 0 saturated heterocycles. The number of benzene rings is 2. The van der Waals surface area contributed by atoms with Gasteiger partial charge >= 0.3 is 0 Å². The number of rotatable bonds is 2. The number of aromatic amines is 1. The van der Waals surface area contributed by atoms with Gasteiger partial charge in [-0.25, -0.2) is 8.78 Å². The smallest absolute Gasteiger partial charge is 0.153 e. The molecule has 0 spiro atoms. The monoisotopic (exact) mass is 397 g/mol. The molecule has 1 heterocycles. The van der Waals surface area contributed by atoms with Crippen molar-refractivity contribution in [2.24, 2.45) is 0 Å². The summed E-state index contributed by atoms with van der Waals surface area (Å²) in [5.74, 6) is -1.10. The van der Waals surface area contributed by atoms with E-state index in [0.29, 0.717) is 16.8 Å². The van der Waals surface area contributed by atoms with Gasteiger partial charge in [-0.2, -0.15) is 5.10 Å². The highest BCUT2D eigenvalue weighted by Crippen LogP contribution is 2.35. The molecule has 0 amide bonds. The van der Waals surface area contributed by atoms with Gasteiger partial charge in [0, 0.05) is 15.2 Å². The molecule has 0 aliphatic heterocycles. The van der Waals surface area contributed by atoms with Gasteiger partial charge in [-0.05, 0) is 52.4 Å². The summed E-state index contributed by atoms with van der Waals surface area (Å²) in [4.78, 5) is 0. The van der Waals surface area contributed by atoms with Crippen LogP contribution in [0.2, 0.25) is 0 Å². The zero-order valence-electron chi connectivity index (χ0n) is 10.7. The van der Waals surface area contributed by atoms with E-state index in [4.69, 9.17) is 5.73 Å². The standard InChI is InChI=1S/C15H10F2IN3/c16-10-4-9(5-11(17)7-10)13-14(20-21-15(13)19)8-2-1-3-12(18)6-8/h1-7H,(H3,19,20,21).